The summed E-state index contributed by atoms with van der Waals surface area (Å²) < 4.78 is 5.26. The molecule has 0 unspecified atom stereocenters. The van der Waals surface area contributed by atoms with Gasteiger partial charge in [-0.05, 0) is 25.9 Å². The summed E-state index contributed by atoms with van der Waals surface area (Å²) in [5.41, 5.74) is 4.70. The summed E-state index contributed by atoms with van der Waals surface area (Å²) >= 11 is 0. The number of likely N-dealkylation sites (tertiary alicyclic amines) is 1. The zero-order valence-electron chi connectivity index (χ0n) is 10.2. The lowest BCUT2D eigenvalue weighted by Gasteiger charge is -2.39. The Bertz CT molecular complexity index is 269. The first kappa shape index (κ1) is 12.8. The summed E-state index contributed by atoms with van der Waals surface area (Å²) in [6.45, 7) is 3.71. The van der Waals surface area contributed by atoms with Crippen LogP contribution in [0.4, 0.5) is 0 Å². The number of primary amides is 1. The SMILES string of the molecule is NC(=O)C1CCN(CC2(O)CCOCC2)CC1. The number of nitrogens with zero attached hydrogens (tertiary/aromatic N) is 1. The molecule has 2 aliphatic heterocycles. The molecule has 2 aliphatic rings. The predicted octanol–water partition coefficient (Wildman–Crippen LogP) is -0.275. The Morgan fingerprint density at radius 3 is 2.47 bits per heavy atom. The lowest BCUT2D eigenvalue weighted by molar-refractivity contribution is -0.123. The molecule has 2 heterocycles. The van der Waals surface area contributed by atoms with Crippen LogP contribution in [0.2, 0.25) is 0 Å². The first-order chi connectivity index (χ1) is 8.09. The van der Waals surface area contributed by atoms with Gasteiger partial charge in [0.1, 0.15) is 0 Å². The third-order valence-corrected chi connectivity index (χ3v) is 3.93. The Morgan fingerprint density at radius 2 is 1.94 bits per heavy atom. The van der Waals surface area contributed by atoms with E-state index in [1.807, 2.05) is 0 Å². The minimum atomic E-state index is -0.599. The van der Waals surface area contributed by atoms with Gasteiger partial charge in [-0.25, -0.2) is 0 Å². The number of rotatable bonds is 3. The third-order valence-electron chi connectivity index (χ3n) is 3.93. The maximum absolute atomic E-state index is 11.1. The van der Waals surface area contributed by atoms with E-state index in [0.29, 0.717) is 32.6 Å². The number of nitrogens with two attached hydrogens (primary N) is 1. The monoisotopic (exact) mass is 242 g/mol. The number of hydrogen-bond donors (Lipinski definition) is 2. The highest BCUT2D eigenvalue weighted by molar-refractivity contribution is 5.76. The van der Waals surface area contributed by atoms with Crippen LogP contribution in [-0.2, 0) is 9.53 Å². The number of carbonyl (C=O) groups excluding carboxylic acids is 1. The van der Waals surface area contributed by atoms with Gasteiger partial charge >= 0.3 is 0 Å². The average Bonchev–Trinajstić information content (AvgIpc) is 2.30. The lowest BCUT2D eigenvalue weighted by Crippen LogP contribution is -2.49. The fourth-order valence-electron chi connectivity index (χ4n) is 2.70. The van der Waals surface area contributed by atoms with Crippen LogP contribution in [0.1, 0.15) is 25.7 Å². The highest BCUT2D eigenvalue weighted by Crippen LogP contribution is 2.24. The Balaban J connectivity index is 1.79. The first-order valence-corrected chi connectivity index (χ1v) is 6.41. The summed E-state index contributed by atoms with van der Waals surface area (Å²) in [5.74, 6) is -0.162. The summed E-state index contributed by atoms with van der Waals surface area (Å²) in [4.78, 5) is 13.3. The second-order valence-electron chi connectivity index (χ2n) is 5.29. The van der Waals surface area contributed by atoms with E-state index in [1.165, 1.54) is 0 Å². The topological polar surface area (TPSA) is 75.8 Å². The first-order valence-electron chi connectivity index (χ1n) is 6.41. The van der Waals surface area contributed by atoms with Gasteiger partial charge in [0.25, 0.3) is 0 Å². The van der Waals surface area contributed by atoms with Crippen LogP contribution in [0.3, 0.4) is 0 Å². The molecular formula is C12H22N2O3. The smallest absolute Gasteiger partial charge is 0.220 e. The van der Waals surface area contributed by atoms with E-state index in [4.69, 9.17) is 10.5 Å². The fraction of sp³-hybridized carbons (Fsp3) is 0.917. The standard InChI is InChI=1S/C12H22N2O3/c13-11(15)10-1-5-14(6-2-10)9-12(16)3-7-17-8-4-12/h10,16H,1-9H2,(H2,13,15). The van der Waals surface area contributed by atoms with E-state index in [1.54, 1.807) is 0 Å². The average molecular weight is 242 g/mol. The van der Waals surface area contributed by atoms with Gasteiger partial charge in [0, 0.05) is 38.5 Å². The Labute approximate surface area is 102 Å². The van der Waals surface area contributed by atoms with Gasteiger partial charge in [0.05, 0.1) is 5.60 Å². The number of carbonyl (C=O) groups is 1. The molecule has 0 saturated carbocycles. The van der Waals surface area contributed by atoms with Gasteiger partial charge in [0.15, 0.2) is 0 Å². The lowest BCUT2D eigenvalue weighted by atomic mass is 9.91. The van der Waals surface area contributed by atoms with Crippen molar-refractivity contribution in [2.24, 2.45) is 11.7 Å². The number of amides is 1. The van der Waals surface area contributed by atoms with Crippen LogP contribution in [-0.4, -0.2) is 54.4 Å². The van der Waals surface area contributed by atoms with Gasteiger partial charge in [0.2, 0.25) is 5.91 Å². The molecule has 5 heteroatoms. The van der Waals surface area contributed by atoms with Gasteiger partial charge in [-0.15, -0.1) is 0 Å². The molecule has 2 saturated heterocycles. The number of piperidine rings is 1. The van der Waals surface area contributed by atoms with Crippen molar-refractivity contribution in [3.8, 4) is 0 Å². The second-order valence-corrected chi connectivity index (χ2v) is 5.29. The molecule has 0 bridgehead atoms. The van der Waals surface area contributed by atoms with E-state index in [2.05, 4.69) is 4.90 Å². The minimum Gasteiger partial charge on any atom is -0.388 e. The Morgan fingerprint density at radius 1 is 1.35 bits per heavy atom. The third kappa shape index (κ3) is 3.40. The van der Waals surface area contributed by atoms with Crippen molar-refractivity contribution in [1.29, 1.82) is 0 Å². The molecule has 5 nitrogen and oxygen atoms in total. The van der Waals surface area contributed by atoms with Crippen molar-refractivity contribution in [2.45, 2.75) is 31.3 Å². The summed E-state index contributed by atoms with van der Waals surface area (Å²) in [5, 5.41) is 10.4. The van der Waals surface area contributed by atoms with E-state index in [9.17, 15) is 9.90 Å². The molecule has 0 aromatic rings. The quantitative estimate of drug-likeness (QED) is 0.714. The molecule has 0 aromatic heterocycles. The number of hydrogen-bond acceptors (Lipinski definition) is 4. The van der Waals surface area contributed by atoms with Crippen molar-refractivity contribution < 1.29 is 14.6 Å². The van der Waals surface area contributed by atoms with Crippen molar-refractivity contribution in [3.63, 3.8) is 0 Å². The van der Waals surface area contributed by atoms with Crippen LogP contribution in [0.15, 0.2) is 0 Å². The molecular weight excluding hydrogens is 220 g/mol. The Kier molecular flexibility index (Phi) is 4.01. The fourth-order valence-corrected chi connectivity index (χ4v) is 2.70. The largest absolute Gasteiger partial charge is 0.388 e. The molecule has 0 atom stereocenters. The summed E-state index contributed by atoms with van der Waals surface area (Å²) in [6, 6.07) is 0. The van der Waals surface area contributed by atoms with Crippen LogP contribution < -0.4 is 5.73 Å². The molecule has 1 amide bonds. The molecule has 0 aromatic carbocycles. The van der Waals surface area contributed by atoms with Crippen molar-refractivity contribution >= 4 is 5.91 Å². The van der Waals surface area contributed by atoms with Crippen molar-refractivity contribution in [1.82, 2.24) is 4.90 Å². The summed E-state index contributed by atoms with van der Waals surface area (Å²) in [7, 11) is 0. The molecule has 17 heavy (non-hydrogen) atoms. The zero-order chi connectivity index (χ0) is 12.3. The molecule has 3 N–H and O–H groups in total. The highest BCUT2D eigenvalue weighted by Gasteiger charge is 2.33. The maximum atomic E-state index is 11.1. The highest BCUT2D eigenvalue weighted by atomic mass is 16.5. The van der Waals surface area contributed by atoms with Gasteiger partial charge in [-0.1, -0.05) is 0 Å². The normalized spacial score (nSPS) is 26.9. The van der Waals surface area contributed by atoms with Gasteiger partial charge < -0.3 is 20.5 Å². The molecule has 98 valence electrons. The molecule has 2 fully saturated rings. The zero-order valence-corrected chi connectivity index (χ0v) is 10.2. The molecule has 2 rings (SSSR count). The number of β-amino-alcohol motifs (C(OH)–C–C–N with tert-alkyl or cyclic N) is 1. The van der Waals surface area contributed by atoms with Crippen LogP contribution in [0, 0.1) is 5.92 Å². The van der Waals surface area contributed by atoms with Crippen molar-refractivity contribution in [2.75, 3.05) is 32.8 Å². The number of aliphatic hydroxyl groups is 1. The van der Waals surface area contributed by atoms with Crippen LogP contribution in [0.5, 0.6) is 0 Å². The van der Waals surface area contributed by atoms with Gasteiger partial charge in [-0.2, -0.15) is 0 Å². The van der Waals surface area contributed by atoms with E-state index >= 15 is 0 Å². The molecule has 0 spiro atoms. The van der Waals surface area contributed by atoms with E-state index < -0.39 is 5.60 Å². The second kappa shape index (κ2) is 5.33. The van der Waals surface area contributed by atoms with Crippen molar-refractivity contribution in [3.05, 3.63) is 0 Å². The summed E-state index contributed by atoms with van der Waals surface area (Å²) in [6.07, 6.45) is 3.06. The van der Waals surface area contributed by atoms with Crippen LogP contribution in [0.25, 0.3) is 0 Å². The maximum Gasteiger partial charge on any atom is 0.220 e. The number of ether oxygens (including phenoxy) is 1. The predicted molar refractivity (Wildman–Crippen MR) is 63.4 cm³/mol. The van der Waals surface area contributed by atoms with E-state index in [0.717, 1.165) is 25.9 Å². The van der Waals surface area contributed by atoms with Gasteiger partial charge in [-0.3, -0.25) is 4.79 Å². The minimum absolute atomic E-state index is 0.0237. The molecule has 0 aliphatic carbocycles. The Hall–Kier alpha value is -0.650. The van der Waals surface area contributed by atoms with E-state index in [-0.39, 0.29) is 11.8 Å². The van der Waals surface area contributed by atoms with Crippen LogP contribution >= 0.6 is 0 Å². The molecule has 0 radical (unpaired) electrons.